The van der Waals surface area contributed by atoms with Crippen molar-refractivity contribution in [1.29, 1.82) is 0 Å². The Bertz CT molecular complexity index is 754. The molecule has 3 aromatic rings. The average Bonchev–Trinajstić information content (AvgIpc) is 3.25. The summed E-state index contributed by atoms with van der Waals surface area (Å²) in [7, 11) is 0. The number of benzene rings is 2. The Morgan fingerprint density at radius 1 is 0.893 bits per heavy atom. The van der Waals surface area contributed by atoms with Crippen LogP contribution in [0.2, 0.25) is 0 Å². The number of nitrogens with zero attached hydrogens (tertiary/aromatic N) is 1. The van der Waals surface area contributed by atoms with E-state index < -0.39 is 0 Å². The van der Waals surface area contributed by atoms with Gasteiger partial charge in [0.1, 0.15) is 12.0 Å². The van der Waals surface area contributed by atoms with E-state index in [1.54, 1.807) is 18.4 Å². The molecule has 3 rings (SSSR count). The van der Waals surface area contributed by atoms with Gasteiger partial charge in [-0.2, -0.15) is 0 Å². The van der Waals surface area contributed by atoms with Crippen molar-refractivity contribution < 1.29 is 9.52 Å². The first-order valence-electron chi connectivity index (χ1n) is 9.31. The minimum Gasteiger partial charge on any atom is -0.508 e. The summed E-state index contributed by atoms with van der Waals surface area (Å²) in [4.78, 5) is 4.29. The normalized spacial score (nSPS) is 9.36. The third-order valence-corrected chi connectivity index (χ3v) is 3.49. The molecule has 0 aliphatic carbocycles. The van der Waals surface area contributed by atoms with E-state index in [-0.39, 0.29) is 0 Å². The molecule has 5 heteroatoms. The number of hydrogen-bond acceptors (Lipinski definition) is 3. The lowest BCUT2D eigenvalue weighted by molar-refractivity contribution is 0.475. The highest BCUT2D eigenvalue weighted by atomic mass is 128. The Balaban J connectivity index is 0.000000481. The van der Waals surface area contributed by atoms with Crippen LogP contribution >= 0.6 is 37.2 Å². The highest BCUT2D eigenvalue weighted by molar-refractivity contribution is 15.0. The van der Waals surface area contributed by atoms with E-state index in [0.29, 0.717) is 11.6 Å². The monoisotopic (exact) mass is 605 g/mol. The molecule has 0 aliphatic rings. The van der Waals surface area contributed by atoms with Crippen LogP contribution in [0, 0.1) is 0 Å². The highest BCUT2D eigenvalue weighted by Crippen LogP contribution is 2.09. The summed E-state index contributed by atoms with van der Waals surface area (Å²) in [6.07, 6.45) is 7.51. The second-order valence-corrected chi connectivity index (χ2v) is 5.29. The quantitative estimate of drug-likeness (QED) is 0.306. The number of oxazole rings is 1. The molecule has 0 saturated carbocycles. The number of aromatic nitrogens is 1. The fraction of sp³-hybridized carbons (Fsp3) is 0.261. The van der Waals surface area contributed by atoms with Crippen LogP contribution in [0.5, 0.6) is 5.75 Å². The third-order valence-electron chi connectivity index (χ3n) is 3.49. The van der Waals surface area contributed by atoms with Gasteiger partial charge in [0.2, 0.25) is 5.89 Å². The first-order valence-corrected chi connectivity index (χ1v) is 15.6. The summed E-state index contributed by atoms with van der Waals surface area (Å²) < 4.78 is 5.28. The van der Waals surface area contributed by atoms with Crippen molar-refractivity contribution in [3.63, 3.8) is 0 Å². The molecular weight excluding hydrogens is 576 g/mol. The number of halogens is 2. The van der Waals surface area contributed by atoms with E-state index in [9.17, 15) is 0 Å². The number of phenolic OH excluding ortho intramolecular Hbond substituents is 1. The molecule has 3 nitrogen and oxygen atoms in total. The molecule has 152 valence electrons. The summed E-state index contributed by atoms with van der Waals surface area (Å²) in [6.45, 7) is 8.15. The molecule has 0 spiro atoms. The molecule has 0 saturated heterocycles. The van der Waals surface area contributed by atoms with Crippen LogP contribution in [0.15, 0.2) is 65.3 Å². The highest BCUT2D eigenvalue weighted by Gasteiger charge is 1.97. The molecule has 28 heavy (non-hydrogen) atoms. The number of hydrogen-bond donors (Lipinski definition) is 1. The van der Waals surface area contributed by atoms with Crippen molar-refractivity contribution in [2.75, 3.05) is 0 Å². The van der Waals surface area contributed by atoms with Gasteiger partial charge in [-0.1, -0.05) is 70.2 Å². The minimum atomic E-state index is 0.340. The van der Waals surface area contributed by atoms with Crippen LogP contribution in [-0.4, -0.2) is 10.1 Å². The molecule has 0 fully saturated rings. The molecule has 2 aromatic carbocycles. The van der Waals surface area contributed by atoms with Crippen LogP contribution in [0.4, 0.5) is 0 Å². The largest absolute Gasteiger partial charge is 0.508 e. The number of rotatable bonds is 4. The maximum Gasteiger partial charge on any atom is 0.218 e. The van der Waals surface area contributed by atoms with Gasteiger partial charge in [0.15, 0.2) is 0 Å². The van der Waals surface area contributed by atoms with E-state index >= 15 is 0 Å². The van der Waals surface area contributed by atoms with E-state index in [2.05, 4.69) is 56.1 Å². The van der Waals surface area contributed by atoms with Gasteiger partial charge in [-0.25, -0.2) is 4.98 Å². The van der Waals surface area contributed by atoms with Crippen LogP contribution in [0.1, 0.15) is 50.4 Å². The predicted octanol–water partition coefficient (Wildman–Crippen LogP) is 8.16. The first-order chi connectivity index (χ1) is 13.7. The fourth-order valence-electron chi connectivity index (χ4n) is 2.02. The Morgan fingerprint density at radius 3 is 2.00 bits per heavy atom. The van der Waals surface area contributed by atoms with Gasteiger partial charge in [0.25, 0.3) is 0 Å². The van der Waals surface area contributed by atoms with Gasteiger partial charge in [0.05, 0.1) is 5.69 Å². The average molecular weight is 605 g/mol. The summed E-state index contributed by atoms with van der Waals surface area (Å²) in [5.41, 5.74) is 3.39. The summed E-state index contributed by atoms with van der Waals surface area (Å²) in [5.74, 6) is 1.00. The lowest BCUT2D eigenvalue weighted by Gasteiger charge is -1.93. The zero-order valence-electron chi connectivity index (χ0n) is 16.9. The molecule has 0 amide bonds. The lowest BCUT2D eigenvalue weighted by Crippen LogP contribution is -1.78. The summed E-state index contributed by atoms with van der Waals surface area (Å²) in [6, 6.07) is 17.4. The molecule has 0 aliphatic heterocycles. The minimum absolute atomic E-state index is 0.340. The fourth-order valence-corrected chi connectivity index (χ4v) is 2.02. The van der Waals surface area contributed by atoms with Crippen molar-refractivity contribution in [3.05, 3.63) is 83.6 Å². The van der Waals surface area contributed by atoms with Gasteiger partial charge in [-0.15, -0.1) is 0 Å². The summed E-state index contributed by atoms with van der Waals surface area (Å²) in [5, 5.41) is 8.85. The third kappa shape index (κ3) is 11.5. The van der Waals surface area contributed by atoms with Gasteiger partial charge in [-0.05, 0) is 42.2 Å². The van der Waals surface area contributed by atoms with Gasteiger partial charge >= 0.3 is 0 Å². The molecule has 1 N–H and O–H groups in total. The van der Waals surface area contributed by atoms with Crippen molar-refractivity contribution in [1.82, 2.24) is 4.98 Å². The molecule has 0 radical (unpaired) electrons. The standard InChI is InChI=1S/C13H13NO.C8H10O.C2H6.I2/c1-2-12-10-15-13(14-12)9-8-11-6-4-3-5-7-11;1-2-7-3-5-8(9)6-4-7;2*1-2/h3-10H,2H2,1H3;3-6,9H,2H2,1H3;1-2H3;. The number of aryl methyl sites for hydroxylation is 2. The smallest absolute Gasteiger partial charge is 0.218 e. The van der Waals surface area contributed by atoms with Crippen LogP contribution in [-0.2, 0) is 12.8 Å². The molecule has 0 bridgehead atoms. The first kappa shape index (κ1) is 26.6. The second kappa shape index (κ2) is 17.7. The zero-order chi connectivity index (χ0) is 21.2. The number of aromatic hydroxyl groups is 1. The molecule has 0 unspecified atom stereocenters. The molecule has 0 atom stereocenters. The van der Waals surface area contributed by atoms with E-state index in [4.69, 9.17) is 9.52 Å². The Hall–Kier alpha value is -1.35. The maximum absolute atomic E-state index is 8.85. The molecule has 1 aromatic heterocycles. The number of phenols is 1. The SMILES string of the molecule is CC.CCc1ccc(O)cc1.CCc1coc(C=Cc2ccccc2)n1.II. The van der Waals surface area contributed by atoms with Gasteiger partial charge < -0.3 is 9.52 Å². The van der Waals surface area contributed by atoms with Crippen molar-refractivity contribution >= 4 is 49.4 Å². The van der Waals surface area contributed by atoms with Gasteiger partial charge in [-0.3, -0.25) is 0 Å². The zero-order valence-corrected chi connectivity index (χ0v) is 21.2. The Kier molecular flexibility index (Phi) is 16.9. The molecular formula is C23H29I2NO2. The van der Waals surface area contributed by atoms with Gasteiger partial charge in [0, 0.05) is 43.3 Å². The van der Waals surface area contributed by atoms with E-state index in [0.717, 1.165) is 24.1 Å². The summed E-state index contributed by atoms with van der Waals surface area (Å²) >= 11 is 4.24. The molecule has 1 heterocycles. The van der Waals surface area contributed by atoms with Crippen LogP contribution in [0.25, 0.3) is 12.2 Å². The van der Waals surface area contributed by atoms with E-state index in [1.165, 1.54) is 5.56 Å². The second-order valence-electron chi connectivity index (χ2n) is 5.29. The van der Waals surface area contributed by atoms with E-state index in [1.807, 2.05) is 68.5 Å². The Labute approximate surface area is 192 Å². The van der Waals surface area contributed by atoms with Crippen molar-refractivity contribution in [3.8, 4) is 5.75 Å². The lowest BCUT2D eigenvalue weighted by atomic mass is 10.2. The van der Waals surface area contributed by atoms with Crippen molar-refractivity contribution in [2.24, 2.45) is 0 Å². The van der Waals surface area contributed by atoms with Crippen LogP contribution < -0.4 is 0 Å². The Morgan fingerprint density at radius 2 is 1.50 bits per heavy atom. The topological polar surface area (TPSA) is 46.3 Å². The maximum atomic E-state index is 8.85. The van der Waals surface area contributed by atoms with Crippen molar-refractivity contribution in [2.45, 2.75) is 40.5 Å². The van der Waals surface area contributed by atoms with Crippen LogP contribution in [0.3, 0.4) is 0 Å². The predicted molar refractivity (Wildman–Crippen MR) is 138 cm³/mol.